The van der Waals surface area contributed by atoms with Crippen LogP contribution >= 0.6 is 0 Å². The van der Waals surface area contributed by atoms with E-state index in [9.17, 15) is 4.79 Å². The Kier molecular flexibility index (Phi) is 6.92. The van der Waals surface area contributed by atoms with Crippen molar-refractivity contribution >= 4 is 11.6 Å². The van der Waals surface area contributed by atoms with Gasteiger partial charge in [-0.2, -0.15) is 0 Å². The van der Waals surface area contributed by atoms with E-state index in [4.69, 9.17) is 9.47 Å². The highest BCUT2D eigenvalue weighted by Gasteiger charge is 2.10. The SMILES string of the molecule is CCNc1ccc(C(=O)NCC(COC)OC)cc1. The van der Waals surface area contributed by atoms with Crippen molar-refractivity contribution in [1.82, 2.24) is 5.32 Å². The molecule has 1 rings (SSSR count). The van der Waals surface area contributed by atoms with E-state index in [1.54, 1.807) is 26.4 Å². The monoisotopic (exact) mass is 266 g/mol. The van der Waals surface area contributed by atoms with Gasteiger partial charge in [-0.05, 0) is 31.2 Å². The van der Waals surface area contributed by atoms with Gasteiger partial charge in [-0.25, -0.2) is 0 Å². The molecule has 1 aromatic carbocycles. The van der Waals surface area contributed by atoms with Crippen LogP contribution in [0, 0.1) is 0 Å². The van der Waals surface area contributed by atoms with Gasteiger partial charge < -0.3 is 20.1 Å². The molecular formula is C14H22N2O3. The zero-order valence-electron chi connectivity index (χ0n) is 11.7. The molecule has 1 amide bonds. The lowest BCUT2D eigenvalue weighted by atomic mass is 10.2. The van der Waals surface area contributed by atoms with Gasteiger partial charge in [0, 0.05) is 38.6 Å². The summed E-state index contributed by atoms with van der Waals surface area (Å²) in [4.78, 5) is 11.9. The topological polar surface area (TPSA) is 59.6 Å². The molecule has 106 valence electrons. The zero-order chi connectivity index (χ0) is 14.1. The molecule has 2 N–H and O–H groups in total. The van der Waals surface area contributed by atoms with Crippen LogP contribution in [0.3, 0.4) is 0 Å². The molecule has 5 heteroatoms. The van der Waals surface area contributed by atoms with Gasteiger partial charge in [-0.3, -0.25) is 4.79 Å². The second-order valence-electron chi connectivity index (χ2n) is 4.13. The number of ether oxygens (including phenoxy) is 2. The fourth-order valence-electron chi connectivity index (χ4n) is 1.65. The fourth-order valence-corrected chi connectivity index (χ4v) is 1.65. The Morgan fingerprint density at radius 1 is 1.26 bits per heavy atom. The fraction of sp³-hybridized carbons (Fsp3) is 0.500. The van der Waals surface area contributed by atoms with Crippen molar-refractivity contribution in [2.24, 2.45) is 0 Å². The first-order valence-electron chi connectivity index (χ1n) is 6.35. The molecule has 19 heavy (non-hydrogen) atoms. The molecule has 0 aliphatic rings. The van der Waals surface area contributed by atoms with Gasteiger partial charge in [0.15, 0.2) is 0 Å². The van der Waals surface area contributed by atoms with Gasteiger partial charge in [-0.1, -0.05) is 0 Å². The average molecular weight is 266 g/mol. The summed E-state index contributed by atoms with van der Waals surface area (Å²) >= 11 is 0. The third kappa shape index (κ3) is 5.28. The predicted molar refractivity (Wildman–Crippen MR) is 75.6 cm³/mol. The van der Waals surface area contributed by atoms with Crippen molar-refractivity contribution in [3.63, 3.8) is 0 Å². The number of hydrogen-bond acceptors (Lipinski definition) is 4. The van der Waals surface area contributed by atoms with Crippen molar-refractivity contribution < 1.29 is 14.3 Å². The van der Waals surface area contributed by atoms with Crippen LogP contribution in [0.1, 0.15) is 17.3 Å². The van der Waals surface area contributed by atoms with Crippen LogP contribution in [-0.4, -0.2) is 45.9 Å². The Labute approximate surface area is 114 Å². The lowest BCUT2D eigenvalue weighted by molar-refractivity contribution is 0.0285. The van der Waals surface area contributed by atoms with E-state index in [1.165, 1.54) is 0 Å². The van der Waals surface area contributed by atoms with Gasteiger partial charge in [0.1, 0.15) is 0 Å². The molecule has 1 atom stereocenters. The number of benzene rings is 1. The quantitative estimate of drug-likeness (QED) is 0.749. The molecule has 1 aromatic rings. The first-order chi connectivity index (χ1) is 9.21. The Hall–Kier alpha value is -1.59. The normalized spacial score (nSPS) is 11.9. The van der Waals surface area contributed by atoms with Gasteiger partial charge in [0.2, 0.25) is 0 Å². The summed E-state index contributed by atoms with van der Waals surface area (Å²) < 4.78 is 10.2. The predicted octanol–water partition coefficient (Wildman–Crippen LogP) is 1.51. The zero-order valence-corrected chi connectivity index (χ0v) is 11.7. The summed E-state index contributed by atoms with van der Waals surface area (Å²) in [6.45, 7) is 3.77. The van der Waals surface area contributed by atoms with Crippen molar-refractivity contribution in [2.75, 3.05) is 39.2 Å². The third-order valence-electron chi connectivity index (χ3n) is 2.70. The van der Waals surface area contributed by atoms with Crippen molar-refractivity contribution in [2.45, 2.75) is 13.0 Å². The van der Waals surface area contributed by atoms with Crippen LogP contribution in [0.2, 0.25) is 0 Å². The van der Waals surface area contributed by atoms with E-state index in [-0.39, 0.29) is 12.0 Å². The maximum absolute atomic E-state index is 11.9. The molecule has 0 bridgehead atoms. The van der Waals surface area contributed by atoms with Crippen LogP contribution in [0.15, 0.2) is 24.3 Å². The minimum absolute atomic E-state index is 0.110. The lowest BCUT2D eigenvalue weighted by Crippen LogP contribution is -2.35. The third-order valence-corrected chi connectivity index (χ3v) is 2.70. The Bertz CT molecular complexity index is 379. The smallest absolute Gasteiger partial charge is 0.251 e. The molecule has 0 spiro atoms. The van der Waals surface area contributed by atoms with Gasteiger partial charge in [0.05, 0.1) is 12.7 Å². The molecule has 0 saturated heterocycles. The van der Waals surface area contributed by atoms with E-state index in [0.29, 0.717) is 18.7 Å². The highest BCUT2D eigenvalue weighted by atomic mass is 16.5. The van der Waals surface area contributed by atoms with Crippen LogP contribution in [-0.2, 0) is 9.47 Å². The number of carbonyl (C=O) groups excluding carboxylic acids is 1. The molecule has 0 aromatic heterocycles. The van der Waals surface area contributed by atoms with E-state index in [1.807, 2.05) is 19.1 Å². The summed E-state index contributed by atoms with van der Waals surface area (Å²) in [6.07, 6.45) is -0.130. The highest BCUT2D eigenvalue weighted by Crippen LogP contribution is 2.09. The summed E-state index contributed by atoms with van der Waals surface area (Å²) in [5.74, 6) is -0.110. The van der Waals surface area contributed by atoms with Gasteiger partial charge >= 0.3 is 0 Å². The second kappa shape index (κ2) is 8.50. The molecule has 0 radical (unpaired) electrons. The molecule has 0 aliphatic heterocycles. The van der Waals surface area contributed by atoms with Gasteiger partial charge in [-0.15, -0.1) is 0 Å². The van der Waals surface area contributed by atoms with Crippen molar-refractivity contribution in [1.29, 1.82) is 0 Å². The molecular weight excluding hydrogens is 244 g/mol. The number of methoxy groups -OCH3 is 2. The first kappa shape index (κ1) is 15.5. The summed E-state index contributed by atoms with van der Waals surface area (Å²) in [5.41, 5.74) is 1.64. The standard InChI is InChI=1S/C14H22N2O3/c1-4-15-12-7-5-11(6-8-12)14(17)16-9-13(19-3)10-18-2/h5-8,13,15H,4,9-10H2,1-3H3,(H,16,17). The van der Waals surface area contributed by atoms with E-state index >= 15 is 0 Å². The van der Waals surface area contributed by atoms with E-state index in [0.717, 1.165) is 12.2 Å². The molecule has 0 aliphatic carbocycles. The second-order valence-corrected chi connectivity index (χ2v) is 4.13. The average Bonchev–Trinajstić information content (AvgIpc) is 2.44. The minimum atomic E-state index is -0.130. The summed E-state index contributed by atoms with van der Waals surface area (Å²) in [5, 5.41) is 6.00. The van der Waals surface area contributed by atoms with Crippen molar-refractivity contribution in [3.05, 3.63) is 29.8 Å². The summed E-state index contributed by atoms with van der Waals surface area (Å²) in [7, 11) is 3.20. The minimum Gasteiger partial charge on any atom is -0.385 e. The number of anilines is 1. The number of rotatable bonds is 8. The van der Waals surface area contributed by atoms with Gasteiger partial charge in [0.25, 0.3) is 5.91 Å². The van der Waals surface area contributed by atoms with E-state index in [2.05, 4.69) is 10.6 Å². The number of nitrogens with one attached hydrogen (secondary N) is 2. The number of hydrogen-bond donors (Lipinski definition) is 2. The Morgan fingerprint density at radius 2 is 1.95 bits per heavy atom. The molecule has 0 fully saturated rings. The van der Waals surface area contributed by atoms with Crippen LogP contribution in [0.4, 0.5) is 5.69 Å². The molecule has 5 nitrogen and oxygen atoms in total. The maximum atomic E-state index is 11.9. The molecule has 0 heterocycles. The lowest BCUT2D eigenvalue weighted by Gasteiger charge is -2.15. The maximum Gasteiger partial charge on any atom is 0.251 e. The Balaban J connectivity index is 2.48. The largest absolute Gasteiger partial charge is 0.385 e. The van der Waals surface area contributed by atoms with Crippen LogP contribution < -0.4 is 10.6 Å². The van der Waals surface area contributed by atoms with Crippen molar-refractivity contribution in [3.8, 4) is 0 Å². The van der Waals surface area contributed by atoms with Crippen LogP contribution in [0.25, 0.3) is 0 Å². The number of amides is 1. The van der Waals surface area contributed by atoms with Crippen LogP contribution in [0.5, 0.6) is 0 Å². The molecule has 0 saturated carbocycles. The number of carbonyl (C=O) groups is 1. The summed E-state index contributed by atoms with van der Waals surface area (Å²) in [6, 6.07) is 7.37. The first-order valence-corrected chi connectivity index (χ1v) is 6.35. The molecule has 1 unspecified atom stereocenters. The highest BCUT2D eigenvalue weighted by molar-refractivity contribution is 5.94. The Morgan fingerprint density at radius 3 is 2.47 bits per heavy atom. The van der Waals surface area contributed by atoms with E-state index < -0.39 is 0 Å².